The van der Waals surface area contributed by atoms with Crippen molar-refractivity contribution >= 4 is 17.7 Å². The van der Waals surface area contributed by atoms with Crippen LogP contribution >= 0.6 is 0 Å². The quantitative estimate of drug-likeness (QED) is 0.357. The van der Waals surface area contributed by atoms with Crippen LogP contribution in [-0.4, -0.2) is 73.9 Å². The summed E-state index contributed by atoms with van der Waals surface area (Å²) in [4.78, 5) is 34.7. The van der Waals surface area contributed by atoms with Crippen molar-refractivity contribution in [3.63, 3.8) is 0 Å². The van der Waals surface area contributed by atoms with E-state index in [1.165, 1.54) is 0 Å². The Labute approximate surface area is 116 Å². The summed E-state index contributed by atoms with van der Waals surface area (Å²) < 4.78 is 10.1. The highest BCUT2D eigenvalue weighted by Gasteiger charge is 2.25. The van der Waals surface area contributed by atoms with Crippen LogP contribution in [0.25, 0.3) is 0 Å². The maximum atomic E-state index is 11.5. The van der Waals surface area contributed by atoms with Crippen molar-refractivity contribution in [2.24, 2.45) is 0 Å². The minimum absolute atomic E-state index is 0.0289. The molecule has 0 spiro atoms. The summed E-state index contributed by atoms with van der Waals surface area (Å²) in [6.45, 7) is 1.27. The van der Waals surface area contributed by atoms with Crippen molar-refractivity contribution in [1.29, 1.82) is 0 Å². The molecule has 2 N–H and O–H groups in total. The first-order valence-electron chi connectivity index (χ1n) is 6.21. The van der Waals surface area contributed by atoms with E-state index in [1.807, 2.05) is 0 Å². The normalized spacial score (nSPS) is 14.2. The van der Waals surface area contributed by atoms with Crippen LogP contribution in [0.3, 0.4) is 0 Å². The third kappa shape index (κ3) is 5.91. The van der Waals surface area contributed by atoms with Gasteiger partial charge in [-0.1, -0.05) is 0 Å². The number of hydrogen-bond donors (Lipinski definition) is 2. The molecule has 1 heterocycles. The van der Waals surface area contributed by atoms with Crippen molar-refractivity contribution < 1.29 is 29.0 Å². The first-order valence-corrected chi connectivity index (χ1v) is 6.21. The van der Waals surface area contributed by atoms with Crippen molar-refractivity contribution in [3.8, 4) is 0 Å². The summed E-state index contributed by atoms with van der Waals surface area (Å²) in [5, 5.41) is 11.0. The molecule has 0 fully saturated rings. The number of imide groups is 1. The van der Waals surface area contributed by atoms with Crippen LogP contribution in [0, 0.1) is 0 Å². The molecule has 0 saturated heterocycles. The molecule has 1 rings (SSSR count). The smallest absolute Gasteiger partial charge is 0.254 e. The Kier molecular flexibility index (Phi) is 7.48. The Balaban J connectivity index is 2.01. The first-order chi connectivity index (χ1) is 9.65. The van der Waals surface area contributed by atoms with E-state index in [2.05, 4.69) is 5.32 Å². The van der Waals surface area contributed by atoms with E-state index in [9.17, 15) is 14.4 Å². The average molecular weight is 286 g/mol. The molecule has 112 valence electrons. The zero-order valence-electron chi connectivity index (χ0n) is 11.0. The number of aliphatic hydroxyl groups is 1. The molecule has 0 aromatic rings. The zero-order chi connectivity index (χ0) is 14.8. The second kappa shape index (κ2) is 9.18. The number of aliphatic hydroxyl groups excluding tert-OH is 1. The fourth-order valence-electron chi connectivity index (χ4n) is 1.44. The van der Waals surface area contributed by atoms with Gasteiger partial charge in [-0.25, -0.2) is 0 Å². The summed E-state index contributed by atoms with van der Waals surface area (Å²) in [5.74, 6) is -1.39. The number of carbonyl (C=O) groups excluding carboxylic acids is 3. The summed E-state index contributed by atoms with van der Waals surface area (Å²) in [5.41, 5.74) is 0. The van der Waals surface area contributed by atoms with Gasteiger partial charge in [0.05, 0.1) is 33.0 Å². The Morgan fingerprint density at radius 1 is 1.10 bits per heavy atom. The van der Waals surface area contributed by atoms with Crippen molar-refractivity contribution in [2.75, 3.05) is 46.1 Å². The standard InChI is InChI=1S/C12H18N2O6/c15-4-6-20-8-7-19-5-3-13-10(16)9-14-11(17)1-2-12(14)18/h1-2,15H,3-9H2,(H,13,16). The van der Waals surface area contributed by atoms with Crippen LogP contribution in [0.2, 0.25) is 0 Å². The number of hydrogen-bond acceptors (Lipinski definition) is 6. The molecule has 1 aliphatic heterocycles. The van der Waals surface area contributed by atoms with Crippen LogP contribution in [0.15, 0.2) is 12.2 Å². The first kappa shape index (κ1) is 16.3. The molecule has 0 aromatic heterocycles. The second-order valence-corrected chi connectivity index (χ2v) is 3.89. The summed E-state index contributed by atoms with van der Waals surface area (Å²) in [7, 11) is 0. The fourth-order valence-corrected chi connectivity index (χ4v) is 1.44. The molecule has 0 saturated carbocycles. The molecule has 0 bridgehead atoms. The lowest BCUT2D eigenvalue weighted by atomic mass is 10.4. The van der Waals surface area contributed by atoms with E-state index >= 15 is 0 Å². The monoisotopic (exact) mass is 286 g/mol. The van der Waals surface area contributed by atoms with Gasteiger partial charge in [-0.05, 0) is 0 Å². The number of carbonyl (C=O) groups is 3. The Hall–Kier alpha value is -1.77. The van der Waals surface area contributed by atoms with Gasteiger partial charge >= 0.3 is 0 Å². The molecule has 8 nitrogen and oxygen atoms in total. The molecule has 0 unspecified atom stereocenters. The van der Waals surface area contributed by atoms with E-state index in [1.54, 1.807) is 0 Å². The highest BCUT2D eigenvalue weighted by molar-refractivity contribution is 6.14. The van der Waals surface area contributed by atoms with Crippen molar-refractivity contribution in [3.05, 3.63) is 12.2 Å². The van der Waals surface area contributed by atoms with Gasteiger partial charge in [0.25, 0.3) is 11.8 Å². The maximum absolute atomic E-state index is 11.5. The third-order valence-electron chi connectivity index (χ3n) is 2.38. The predicted molar refractivity (Wildman–Crippen MR) is 67.6 cm³/mol. The molecule has 0 aromatic carbocycles. The largest absolute Gasteiger partial charge is 0.394 e. The minimum atomic E-state index is -0.484. The highest BCUT2D eigenvalue weighted by Crippen LogP contribution is 2.01. The highest BCUT2D eigenvalue weighted by atomic mass is 16.5. The lowest BCUT2D eigenvalue weighted by Gasteiger charge is -2.13. The number of ether oxygens (including phenoxy) is 2. The van der Waals surface area contributed by atoms with Gasteiger partial charge in [0, 0.05) is 18.7 Å². The molecule has 0 atom stereocenters. The fraction of sp³-hybridized carbons (Fsp3) is 0.583. The molecule has 8 heteroatoms. The SMILES string of the molecule is O=C(CN1C(=O)C=CC1=O)NCCOCCOCCO. The molecular formula is C12H18N2O6. The maximum Gasteiger partial charge on any atom is 0.254 e. The molecule has 1 aliphatic rings. The Bertz CT molecular complexity index is 364. The van der Waals surface area contributed by atoms with E-state index < -0.39 is 17.7 Å². The third-order valence-corrected chi connectivity index (χ3v) is 2.38. The zero-order valence-corrected chi connectivity index (χ0v) is 11.0. The van der Waals surface area contributed by atoms with Gasteiger partial charge in [-0.3, -0.25) is 19.3 Å². The van der Waals surface area contributed by atoms with E-state index in [0.29, 0.717) is 19.8 Å². The Morgan fingerprint density at radius 2 is 1.70 bits per heavy atom. The molecular weight excluding hydrogens is 268 g/mol. The average Bonchev–Trinajstić information content (AvgIpc) is 2.73. The molecule has 0 aliphatic carbocycles. The van der Waals surface area contributed by atoms with Crippen LogP contribution < -0.4 is 5.32 Å². The van der Waals surface area contributed by atoms with Gasteiger partial charge in [-0.15, -0.1) is 0 Å². The topological polar surface area (TPSA) is 105 Å². The van der Waals surface area contributed by atoms with Crippen LogP contribution in [0.4, 0.5) is 0 Å². The summed E-state index contributed by atoms with van der Waals surface area (Å²) in [6, 6.07) is 0. The van der Waals surface area contributed by atoms with Gasteiger partial charge in [0.2, 0.25) is 5.91 Å². The molecule has 20 heavy (non-hydrogen) atoms. The van der Waals surface area contributed by atoms with E-state index in [0.717, 1.165) is 17.1 Å². The van der Waals surface area contributed by atoms with Gasteiger partial charge in [0.1, 0.15) is 6.54 Å². The van der Waals surface area contributed by atoms with Crippen LogP contribution in [0.5, 0.6) is 0 Å². The predicted octanol–water partition coefficient (Wildman–Crippen LogP) is -1.95. The van der Waals surface area contributed by atoms with Gasteiger partial charge < -0.3 is 19.9 Å². The van der Waals surface area contributed by atoms with Crippen molar-refractivity contribution in [1.82, 2.24) is 10.2 Å². The second-order valence-electron chi connectivity index (χ2n) is 3.89. The van der Waals surface area contributed by atoms with Gasteiger partial charge in [0.15, 0.2) is 0 Å². The number of nitrogens with zero attached hydrogens (tertiary/aromatic N) is 1. The van der Waals surface area contributed by atoms with E-state index in [-0.39, 0.29) is 26.3 Å². The lowest BCUT2D eigenvalue weighted by Crippen LogP contribution is -2.41. The van der Waals surface area contributed by atoms with Gasteiger partial charge in [-0.2, -0.15) is 0 Å². The lowest BCUT2D eigenvalue weighted by molar-refractivity contribution is -0.141. The summed E-state index contributed by atoms with van der Waals surface area (Å²) in [6.07, 6.45) is 2.26. The molecule has 0 radical (unpaired) electrons. The van der Waals surface area contributed by atoms with Crippen LogP contribution in [-0.2, 0) is 23.9 Å². The van der Waals surface area contributed by atoms with Crippen LogP contribution in [0.1, 0.15) is 0 Å². The Morgan fingerprint density at radius 3 is 2.30 bits per heavy atom. The van der Waals surface area contributed by atoms with Crippen molar-refractivity contribution in [2.45, 2.75) is 0 Å². The number of nitrogens with one attached hydrogen (secondary N) is 1. The molecule has 3 amide bonds. The number of rotatable bonds is 10. The van der Waals surface area contributed by atoms with E-state index in [4.69, 9.17) is 14.6 Å². The summed E-state index contributed by atoms with van der Waals surface area (Å²) >= 11 is 0. The minimum Gasteiger partial charge on any atom is -0.394 e. The number of amides is 3.